The van der Waals surface area contributed by atoms with E-state index in [1.165, 1.54) is 0 Å². The normalized spacial score (nSPS) is 20.7. The SMILES string of the molecule is C[C@@H]1C[C@H](NC(=O)OC(C)(C)C)C[C@H](c2ccncc2NC(=O)c2ccn3ncc(Br)c3n2)C1. The lowest BCUT2D eigenvalue weighted by Crippen LogP contribution is -2.42. The van der Waals surface area contributed by atoms with Gasteiger partial charge in [0.1, 0.15) is 11.3 Å². The number of hydrogen-bond acceptors (Lipinski definition) is 6. The van der Waals surface area contributed by atoms with Crippen LogP contribution in [0.15, 0.2) is 41.4 Å². The van der Waals surface area contributed by atoms with Crippen molar-refractivity contribution in [1.82, 2.24) is 24.9 Å². The molecule has 0 saturated heterocycles. The summed E-state index contributed by atoms with van der Waals surface area (Å²) >= 11 is 3.40. The molecule has 1 saturated carbocycles. The number of aromatic nitrogens is 4. The van der Waals surface area contributed by atoms with Crippen molar-refractivity contribution >= 4 is 39.3 Å². The number of halogens is 1. The van der Waals surface area contributed by atoms with E-state index in [2.05, 4.69) is 48.6 Å². The Morgan fingerprint density at radius 1 is 1.18 bits per heavy atom. The molecule has 9 nitrogen and oxygen atoms in total. The lowest BCUT2D eigenvalue weighted by Gasteiger charge is -2.35. The van der Waals surface area contributed by atoms with Crippen LogP contribution in [0.25, 0.3) is 5.65 Å². The number of carbonyl (C=O) groups excluding carboxylic acids is 2. The fourth-order valence-electron chi connectivity index (χ4n) is 4.47. The zero-order chi connectivity index (χ0) is 24.5. The summed E-state index contributed by atoms with van der Waals surface area (Å²) in [6, 6.07) is 3.55. The van der Waals surface area contributed by atoms with Gasteiger partial charge < -0.3 is 15.4 Å². The van der Waals surface area contributed by atoms with Gasteiger partial charge in [0.2, 0.25) is 0 Å². The van der Waals surface area contributed by atoms with Gasteiger partial charge >= 0.3 is 6.09 Å². The van der Waals surface area contributed by atoms with Gasteiger partial charge in [-0.1, -0.05) is 6.92 Å². The van der Waals surface area contributed by atoms with Gasteiger partial charge in [-0.05, 0) is 85.5 Å². The van der Waals surface area contributed by atoms with E-state index in [9.17, 15) is 9.59 Å². The van der Waals surface area contributed by atoms with Crippen LogP contribution in [0, 0.1) is 5.92 Å². The molecule has 0 aromatic carbocycles. The second kappa shape index (κ2) is 9.69. The second-order valence-corrected chi connectivity index (χ2v) is 10.7. The van der Waals surface area contributed by atoms with Gasteiger partial charge in [-0.15, -0.1) is 0 Å². The highest BCUT2D eigenvalue weighted by atomic mass is 79.9. The van der Waals surface area contributed by atoms with Gasteiger partial charge in [0.05, 0.1) is 22.6 Å². The minimum Gasteiger partial charge on any atom is -0.444 e. The molecular formula is C24H29BrN6O3. The summed E-state index contributed by atoms with van der Waals surface area (Å²) in [5.74, 6) is 0.234. The van der Waals surface area contributed by atoms with Crippen LogP contribution in [0.5, 0.6) is 0 Å². The highest BCUT2D eigenvalue weighted by Crippen LogP contribution is 2.39. The summed E-state index contributed by atoms with van der Waals surface area (Å²) in [6.07, 6.45) is 8.91. The predicted molar refractivity (Wildman–Crippen MR) is 132 cm³/mol. The van der Waals surface area contributed by atoms with Gasteiger partial charge in [-0.25, -0.2) is 14.3 Å². The number of fused-ring (bicyclic) bond motifs is 1. The molecule has 0 unspecified atom stereocenters. The van der Waals surface area contributed by atoms with Gasteiger partial charge in [0.25, 0.3) is 5.91 Å². The molecule has 3 atom stereocenters. The Hall–Kier alpha value is -3.01. The van der Waals surface area contributed by atoms with Gasteiger partial charge in [0, 0.05) is 18.4 Å². The van der Waals surface area contributed by atoms with Crippen LogP contribution in [0.2, 0.25) is 0 Å². The molecule has 1 aliphatic rings. The topological polar surface area (TPSA) is 111 Å². The number of amides is 2. The minimum atomic E-state index is -0.546. The quantitative estimate of drug-likeness (QED) is 0.496. The van der Waals surface area contributed by atoms with Crippen LogP contribution in [0.1, 0.15) is 68.9 Å². The van der Waals surface area contributed by atoms with Crippen LogP contribution in [-0.2, 0) is 4.74 Å². The van der Waals surface area contributed by atoms with Crippen LogP contribution < -0.4 is 10.6 Å². The van der Waals surface area contributed by atoms with Crippen molar-refractivity contribution in [3.63, 3.8) is 0 Å². The Morgan fingerprint density at radius 2 is 1.97 bits per heavy atom. The molecule has 0 spiro atoms. The van der Waals surface area contributed by atoms with Gasteiger partial charge in [-0.2, -0.15) is 5.10 Å². The smallest absolute Gasteiger partial charge is 0.407 e. The molecule has 0 bridgehead atoms. The molecule has 0 aliphatic heterocycles. The zero-order valence-electron chi connectivity index (χ0n) is 19.7. The molecule has 0 radical (unpaired) electrons. The number of nitrogens with one attached hydrogen (secondary N) is 2. The molecule has 34 heavy (non-hydrogen) atoms. The molecule has 180 valence electrons. The highest BCUT2D eigenvalue weighted by Gasteiger charge is 2.31. The third kappa shape index (κ3) is 5.72. The largest absolute Gasteiger partial charge is 0.444 e. The minimum absolute atomic E-state index is 0.0105. The Kier molecular flexibility index (Phi) is 6.88. The first-order valence-corrected chi connectivity index (χ1v) is 12.1. The first-order chi connectivity index (χ1) is 16.1. The van der Waals surface area contributed by atoms with E-state index in [-0.39, 0.29) is 23.6 Å². The maximum atomic E-state index is 13.0. The molecule has 2 amide bonds. The summed E-state index contributed by atoms with van der Waals surface area (Å²) in [6.45, 7) is 7.73. The maximum Gasteiger partial charge on any atom is 0.407 e. The molecular weight excluding hydrogens is 500 g/mol. The summed E-state index contributed by atoms with van der Waals surface area (Å²) in [4.78, 5) is 34.0. The van der Waals surface area contributed by atoms with Crippen LogP contribution in [-0.4, -0.2) is 43.2 Å². The zero-order valence-corrected chi connectivity index (χ0v) is 21.3. The Labute approximate surface area is 206 Å². The highest BCUT2D eigenvalue weighted by molar-refractivity contribution is 9.10. The number of alkyl carbamates (subject to hydrolysis) is 1. The van der Waals surface area contributed by atoms with Crippen molar-refractivity contribution in [2.75, 3.05) is 5.32 Å². The maximum absolute atomic E-state index is 13.0. The lowest BCUT2D eigenvalue weighted by atomic mass is 9.76. The van der Waals surface area contributed by atoms with Crippen molar-refractivity contribution in [3.05, 3.63) is 52.7 Å². The van der Waals surface area contributed by atoms with Crippen LogP contribution in [0.3, 0.4) is 0 Å². The average molecular weight is 529 g/mol. The fraction of sp³-hybridized carbons (Fsp3) is 0.458. The van der Waals surface area contributed by atoms with Crippen molar-refractivity contribution in [2.24, 2.45) is 5.92 Å². The molecule has 3 aromatic heterocycles. The summed E-state index contributed by atoms with van der Waals surface area (Å²) in [5, 5.41) is 10.2. The third-order valence-corrected chi connectivity index (χ3v) is 6.32. The lowest BCUT2D eigenvalue weighted by molar-refractivity contribution is 0.0482. The number of hydrogen-bond donors (Lipinski definition) is 2. The first-order valence-electron chi connectivity index (χ1n) is 11.3. The Morgan fingerprint density at radius 3 is 2.74 bits per heavy atom. The Balaban J connectivity index is 1.51. The fourth-order valence-corrected chi connectivity index (χ4v) is 4.83. The number of anilines is 1. The van der Waals surface area contributed by atoms with Crippen molar-refractivity contribution in [2.45, 2.75) is 64.5 Å². The first kappa shape index (κ1) is 24.1. The molecule has 4 rings (SSSR count). The Bertz CT molecular complexity index is 1200. The summed E-state index contributed by atoms with van der Waals surface area (Å²) < 4.78 is 7.75. The number of ether oxygens (including phenoxy) is 1. The van der Waals surface area contributed by atoms with Crippen LogP contribution >= 0.6 is 15.9 Å². The number of rotatable bonds is 4. The average Bonchev–Trinajstić information content (AvgIpc) is 3.12. The number of pyridine rings is 1. The molecule has 1 fully saturated rings. The van der Waals surface area contributed by atoms with Crippen molar-refractivity contribution in [1.29, 1.82) is 0 Å². The van der Waals surface area contributed by atoms with E-state index in [0.717, 1.165) is 24.8 Å². The van der Waals surface area contributed by atoms with E-state index in [4.69, 9.17) is 4.74 Å². The monoisotopic (exact) mass is 528 g/mol. The van der Waals surface area contributed by atoms with E-state index in [0.29, 0.717) is 21.7 Å². The van der Waals surface area contributed by atoms with E-state index in [1.54, 1.807) is 35.4 Å². The van der Waals surface area contributed by atoms with Gasteiger partial charge in [0.15, 0.2) is 5.65 Å². The van der Waals surface area contributed by atoms with Crippen molar-refractivity contribution in [3.8, 4) is 0 Å². The number of carbonyl (C=O) groups is 2. The standard InChI is InChI=1S/C24H29BrN6O3/c1-14-9-15(11-16(10-14)28-23(33)34-24(2,3)4)17-5-7-26-13-20(17)30-22(32)19-6-8-31-21(29-19)18(25)12-27-31/h5-8,12-16H,9-11H2,1-4H3,(H,28,33)(H,30,32)/t14-,15+,16-/m0/s1. The van der Waals surface area contributed by atoms with E-state index in [1.807, 2.05) is 26.8 Å². The van der Waals surface area contributed by atoms with Crippen molar-refractivity contribution < 1.29 is 14.3 Å². The summed E-state index contributed by atoms with van der Waals surface area (Å²) in [5.41, 5.74) is 1.95. The molecule has 2 N–H and O–H groups in total. The third-order valence-electron chi connectivity index (χ3n) is 5.77. The molecule has 1 aliphatic carbocycles. The second-order valence-electron chi connectivity index (χ2n) is 9.84. The van der Waals surface area contributed by atoms with E-state index >= 15 is 0 Å². The van der Waals surface area contributed by atoms with E-state index < -0.39 is 11.7 Å². The van der Waals surface area contributed by atoms with Gasteiger partial charge in [-0.3, -0.25) is 9.78 Å². The number of nitrogens with zero attached hydrogens (tertiary/aromatic N) is 4. The molecule has 10 heteroatoms. The molecule has 3 aromatic rings. The van der Waals surface area contributed by atoms with Crippen LogP contribution in [0.4, 0.5) is 10.5 Å². The summed E-state index contributed by atoms with van der Waals surface area (Å²) in [7, 11) is 0. The predicted octanol–water partition coefficient (Wildman–Crippen LogP) is 4.94. The molecule has 3 heterocycles.